The first-order valence-corrected chi connectivity index (χ1v) is 10.5. The second-order valence-electron chi connectivity index (χ2n) is 6.72. The molecule has 1 fully saturated rings. The molecular weight excluding hydrogens is 390 g/mol. The predicted octanol–water partition coefficient (Wildman–Crippen LogP) is 3.30. The number of piperidine rings is 1. The lowest BCUT2D eigenvalue weighted by Crippen LogP contribution is -2.33. The van der Waals surface area contributed by atoms with E-state index in [0.29, 0.717) is 28.4 Å². The number of ether oxygens (including phenoxy) is 2. The Kier molecular flexibility index (Phi) is 7.77. The van der Waals surface area contributed by atoms with Crippen molar-refractivity contribution in [1.29, 1.82) is 0 Å². The second kappa shape index (κ2) is 10.7. The van der Waals surface area contributed by atoms with E-state index in [2.05, 4.69) is 15.4 Å². The molecule has 3 rings (SSSR count). The van der Waals surface area contributed by atoms with Crippen molar-refractivity contribution in [2.75, 3.05) is 26.7 Å². The smallest absolute Gasteiger partial charge is 0.353 e. The number of thiophene rings is 1. The van der Waals surface area contributed by atoms with Crippen molar-refractivity contribution in [1.82, 2.24) is 10.3 Å². The average Bonchev–Trinajstić information content (AvgIpc) is 3.29. The summed E-state index contributed by atoms with van der Waals surface area (Å²) in [5.41, 5.74) is 3.27. The monoisotopic (exact) mass is 415 g/mol. The molecule has 154 valence electrons. The highest BCUT2D eigenvalue weighted by Gasteiger charge is 2.14. The van der Waals surface area contributed by atoms with Crippen LogP contribution in [0.1, 0.15) is 40.9 Å². The summed E-state index contributed by atoms with van der Waals surface area (Å²) < 4.78 is 10.7. The maximum absolute atomic E-state index is 12.1. The van der Waals surface area contributed by atoms with Gasteiger partial charge in [0.15, 0.2) is 11.5 Å². The number of hydrogen-bond donors (Lipinski definition) is 1. The normalized spacial score (nSPS) is 14.7. The van der Waals surface area contributed by atoms with E-state index in [0.717, 1.165) is 19.6 Å². The number of amides is 1. The third-order valence-electron chi connectivity index (χ3n) is 4.62. The fourth-order valence-corrected chi connectivity index (χ4v) is 3.67. The SMILES string of the molecule is COc1cc(/C=N/NC(=O)CCN2CCCCC2)ccc1OC(=O)c1cccs1. The van der Waals surface area contributed by atoms with Gasteiger partial charge < -0.3 is 14.4 Å². The molecule has 0 bridgehead atoms. The number of benzene rings is 1. The number of hydrazone groups is 1. The van der Waals surface area contributed by atoms with Crippen LogP contribution in [0.15, 0.2) is 40.8 Å². The number of nitrogens with zero attached hydrogens (tertiary/aromatic N) is 2. The van der Waals surface area contributed by atoms with Gasteiger partial charge in [-0.3, -0.25) is 4.79 Å². The molecule has 2 aromatic rings. The summed E-state index contributed by atoms with van der Waals surface area (Å²) in [4.78, 5) is 26.9. The van der Waals surface area contributed by atoms with Gasteiger partial charge in [0.1, 0.15) is 4.88 Å². The van der Waals surface area contributed by atoms with E-state index >= 15 is 0 Å². The van der Waals surface area contributed by atoms with Crippen LogP contribution in [0.2, 0.25) is 0 Å². The molecule has 1 saturated heterocycles. The molecule has 0 aliphatic carbocycles. The van der Waals surface area contributed by atoms with E-state index in [4.69, 9.17) is 9.47 Å². The molecule has 0 atom stereocenters. The number of methoxy groups -OCH3 is 1. The maximum Gasteiger partial charge on any atom is 0.353 e. The Bertz CT molecular complexity index is 846. The predicted molar refractivity (Wildman–Crippen MR) is 113 cm³/mol. The van der Waals surface area contributed by atoms with Gasteiger partial charge in [0.05, 0.1) is 13.3 Å². The summed E-state index contributed by atoms with van der Waals surface area (Å²) in [6.45, 7) is 2.90. The number of likely N-dealkylation sites (tertiary alicyclic amines) is 1. The van der Waals surface area contributed by atoms with Crippen LogP contribution >= 0.6 is 11.3 Å². The van der Waals surface area contributed by atoms with Crippen molar-refractivity contribution in [2.24, 2.45) is 5.10 Å². The lowest BCUT2D eigenvalue weighted by atomic mass is 10.1. The third-order valence-corrected chi connectivity index (χ3v) is 5.47. The molecule has 2 heterocycles. The zero-order valence-corrected chi connectivity index (χ0v) is 17.2. The van der Waals surface area contributed by atoms with Crippen molar-refractivity contribution in [3.63, 3.8) is 0 Å². The molecule has 7 nitrogen and oxygen atoms in total. The van der Waals surface area contributed by atoms with Crippen LogP contribution in [0.25, 0.3) is 0 Å². The van der Waals surface area contributed by atoms with Gasteiger partial charge in [-0.15, -0.1) is 11.3 Å². The Morgan fingerprint density at radius 2 is 2.03 bits per heavy atom. The largest absolute Gasteiger partial charge is 0.493 e. The fraction of sp³-hybridized carbons (Fsp3) is 0.381. The molecule has 1 aromatic heterocycles. The van der Waals surface area contributed by atoms with Crippen molar-refractivity contribution in [3.05, 3.63) is 46.2 Å². The van der Waals surface area contributed by atoms with Gasteiger partial charge in [0.25, 0.3) is 0 Å². The number of carbonyl (C=O) groups is 2. The van der Waals surface area contributed by atoms with E-state index in [-0.39, 0.29) is 5.91 Å². The molecule has 0 spiro atoms. The van der Waals surface area contributed by atoms with E-state index in [1.807, 2.05) is 5.38 Å². The summed E-state index contributed by atoms with van der Waals surface area (Å²) in [5.74, 6) is 0.199. The molecule has 29 heavy (non-hydrogen) atoms. The number of rotatable bonds is 8. The zero-order valence-electron chi connectivity index (χ0n) is 16.4. The van der Waals surface area contributed by atoms with Crippen molar-refractivity contribution < 1.29 is 19.1 Å². The van der Waals surface area contributed by atoms with E-state index < -0.39 is 5.97 Å². The van der Waals surface area contributed by atoms with Crippen molar-refractivity contribution in [3.8, 4) is 11.5 Å². The summed E-state index contributed by atoms with van der Waals surface area (Å²) >= 11 is 1.31. The van der Waals surface area contributed by atoms with Crippen LogP contribution in [0.4, 0.5) is 0 Å². The number of hydrogen-bond acceptors (Lipinski definition) is 7. The lowest BCUT2D eigenvalue weighted by Gasteiger charge is -2.25. The molecule has 0 radical (unpaired) electrons. The van der Waals surface area contributed by atoms with E-state index in [9.17, 15) is 9.59 Å². The van der Waals surface area contributed by atoms with Gasteiger partial charge in [0, 0.05) is 13.0 Å². The Morgan fingerprint density at radius 1 is 1.21 bits per heavy atom. The molecule has 8 heteroatoms. The quantitative estimate of drug-likeness (QED) is 0.310. The first-order chi connectivity index (χ1) is 14.2. The highest BCUT2D eigenvalue weighted by molar-refractivity contribution is 7.12. The lowest BCUT2D eigenvalue weighted by molar-refractivity contribution is -0.121. The van der Waals surface area contributed by atoms with Gasteiger partial charge in [-0.2, -0.15) is 5.10 Å². The van der Waals surface area contributed by atoms with Gasteiger partial charge in [-0.25, -0.2) is 10.2 Å². The standard InChI is InChI=1S/C21H25N3O4S/c1-27-18-14-16(7-8-17(18)28-21(26)19-6-5-13-29-19)15-22-23-20(25)9-12-24-10-3-2-4-11-24/h5-8,13-15H,2-4,9-12H2,1H3,(H,23,25)/b22-15+. The molecule has 1 aliphatic rings. The third kappa shape index (κ3) is 6.40. The Hall–Kier alpha value is -2.71. The van der Waals surface area contributed by atoms with Crippen LogP contribution in [-0.2, 0) is 4.79 Å². The Morgan fingerprint density at radius 3 is 2.76 bits per heavy atom. The van der Waals surface area contributed by atoms with Crippen LogP contribution in [0, 0.1) is 0 Å². The average molecular weight is 416 g/mol. The highest BCUT2D eigenvalue weighted by Crippen LogP contribution is 2.28. The minimum atomic E-state index is -0.430. The van der Waals surface area contributed by atoms with Crippen LogP contribution in [0.5, 0.6) is 11.5 Å². The molecule has 1 aliphatic heterocycles. The minimum absolute atomic E-state index is 0.111. The van der Waals surface area contributed by atoms with Crippen molar-refractivity contribution in [2.45, 2.75) is 25.7 Å². The van der Waals surface area contributed by atoms with Crippen LogP contribution in [0.3, 0.4) is 0 Å². The second-order valence-corrected chi connectivity index (χ2v) is 7.67. The fourth-order valence-electron chi connectivity index (χ4n) is 3.07. The number of carbonyl (C=O) groups excluding carboxylic acids is 2. The maximum atomic E-state index is 12.1. The van der Waals surface area contributed by atoms with E-state index in [1.54, 1.807) is 30.3 Å². The molecular formula is C21H25N3O4S. The van der Waals surface area contributed by atoms with Crippen LogP contribution < -0.4 is 14.9 Å². The van der Waals surface area contributed by atoms with Gasteiger partial charge in [-0.1, -0.05) is 12.5 Å². The molecule has 1 N–H and O–H groups in total. The van der Waals surface area contributed by atoms with Crippen molar-refractivity contribution >= 4 is 29.4 Å². The first-order valence-electron chi connectivity index (χ1n) is 9.63. The van der Waals surface area contributed by atoms with Crippen LogP contribution in [-0.4, -0.2) is 49.7 Å². The Labute approximate surface area is 174 Å². The Balaban J connectivity index is 1.51. The summed E-state index contributed by atoms with van der Waals surface area (Å²) in [6.07, 6.45) is 5.66. The van der Waals surface area contributed by atoms with Gasteiger partial charge >= 0.3 is 5.97 Å². The molecule has 0 saturated carbocycles. The topological polar surface area (TPSA) is 80.2 Å². The summed E-state index contributed by atoms with van der Waals surface area (Å²) in [6, 6.07) is 8.57. The first kappa shape index (κ1) is 21.0. The number of esters is 1. The number of nitrogens with one attached hydrogen (secondary N) is 1. The highest BCUT2D eigenvalue weighted by atomic mass is 32.1. The van der Waals surface area contributed by atoms with E-state index in [1.165, 1.54) is 43.9 Å². The minimum Gasteiger partial charge on any atom is -0.493 e. The van der Waals surface area contributed by atoms with Gasteiger partial charge in [0.2, 0.25) is 5.91 Å². The molecule has 0 unspecified atom stereocenters. The van der Waals surface area contributed by atoms with Gasteiger partial charge in [-0.05, 0) is 61.1 Å². The zero-order chi connectivity index (χ0) is 20.5. The summed E-state index contributed by atoms with van der Waals surface area (Å²) in [5, 5.41) is 5.82. The molecule has 1 amide bonds. The summed E-state index contributed by atoms with van der Waals surface area (Å²) in [7, 11) is 1.50. The molecule has 1 aromatic carbocycles.